The van der Waals surface area contributed by atoms with E-state index in [4.69, 9.17) is 15.9 Å². The molecule has 1 aliphatic rings. The molecule has 5 nitrogen and oxygen atoms in total. The van der Waals surface area contributed by atoms with E-state index in [9.17, 15) is 9.59 Å². The van der Waals surface area contributed by atoms with Crippen LogP contribution in [0.1, 0.15) is 0 Å². The Bertz CT molecular complexity index is 427. The minimum absolute atomic E-state index is 0.0680. The van der Waals surface area contributed by atoms with E-state index in [0.717, 1.165) is 0 Å². The van der Waals surface area contributed by atoms with Gasteiger partial charge in [-0.25, -0.2) is 4.79 Å². The van der Waals surface area contributed by atoms with Crippen LogP contribution in [0.15, 0.2) is 18.8 Å². The van der Waals surface area contributed by atoms with Gasteiger partial charge in [0.25, 0.3) is 0 Å². The van der Waals surface area contributed by atoms with Crippen molar-refractivity contribution in [2.75, 3.05) is 0 Å². The molecule has 0 bridgehead atoms. The van der Waals surface area contributed by atoms with Crippen molar-refractivity contribution in [3.63, 3.8) is 0 Å². The molecule has 1 rings (SSSR count). The second-order valence-electron chi connectivity index (χ2n) is 3.10. The van der Waals surface area contributed by atoms with Crippen LogP contribution >= 0.6 is 67.8 Å². The Morgan fingerprint density at radius 2 is 1.88 bits per heavy atom. The molecule has 0 aromatic heterocycles. The lowest BCUT2D eigenvalue weighted by Crippen LogP contribution is -2.50. The molecule has 0 amide bonds. The van der Waals surface area contributed by atoms with E-state index < -0.39 is 21.4 Å². The van der Waals surface area contributed by atoms with Crippen molar-refractivity contribution in [1.29, 1.82) is 0 Å². The number of carboxylic acid groups (broad SMARTS) is 2. The van der Waals surface area contributed by atoms with Crippen LogP contribution in [0.25, 0.3) is 0 Å². The van der Waals surface area contributed by atoms with Crippen LogP contribution < -0.4 is 5.73 Å². The Morgan fingerprint density at radius 1 is 1.38 bits per heavy atom. The zero-order chi connectivity index (χ0) is 12.7. The van der Waals surface area contributed by atoms with E-state index in [2.05, 4.69) is 0 Å². The van der Waals surface area contributed by atoms with Crippen molar-refractivity contribution in [1.82, 2.24) is 0 Å². The van der Waals surface area contributed by atoms with Gasteiger partial charge < -0.3 is 15.9 Å². The zero-order valence-electron chi connectivity index (χ0n) is 7.58. The minimum atomic E-state index is -1.43. The first-order valence-corrected chi connectivity index (χ1v) is 7.14. The highest BCUT2D eigenvalue weighted by atomic mass is 127. The van der Waals surface area contributed by atoms with Crippen molar-refractivity contribution in [2.45, 2.75) is 3.55 Å². The Morgan fingerprint density at radius 3 is 2.25 bits per heavy atom. The average molecular weight is 561 g/mol. The summed E-state index contributed by atoms with van der Waals surface area (Å²) < 4.78 is -0.447. The summed E-state index contributed by atoms with van der Waals surface area (Å²) in [5, 5.41) is 18.1. The van der Waals surface area contributed by atoms with Gasteiger partial charge in [-0.1, -0.05) is 22.6 Å². The molecule has 88 valence electrons. The van der Waals surface area contributed by atoms with Gasteiger partial charge in [-0.3, -0.25) is 4.79 Å². The molecular formula is C8H6I3NO4. The van der Waals surface area contributed by atoms with Gasteiger partial charge in [0, 0.05) is 7.16 Å². The van der Waals surface area contributed by atoms with E-state index in [1.165, 1.54) is 6.08 Å². The summed E-state index contributed by atoms with van der Waals surface area (Å²) in [6.07, 6.45) is 1.53. The second kappa shape index (κ2) is 5.06. The summed E-state index contributed by atoms with van der Waals surface area (Å²) in [4.78, 5) is 22.2. The smallest absolute Gasteiger partial charge is 0.335 e. The maximum atomic E-state index is 11.1. The predicted molar refractivity (Wildman–Crippen MR) is 82.8 cm³/mol. The highest BCUT2D eigenvalue weighted by Gasteiger charge is 2.48. The summed E-state index contributed by atoms with van der Waals surface area (Å²) in [5.41, 5.74) is 5.80. The maximum Gasteiger partial charge on any atom is 0.335 e. The van der Waals surface area contributed by atoms with Gasteiger partial charge in [0.1, 0.15) is 9.46 Å². The third-order valence-corrected chi connectivity index (χ3v) is 4.99. The van der Waals surface area contributed by atoms with Crippen LogP contribution in [0.4, 0.5) is 0 Å². The molecule has 16 heavy (non-hydrogen) atoms. The van der Waals surface area contributed by atoms with Gasteiger partial charge in [0.15, 0.2) is 0 Å². The number of carbonyl (C=O) groups is 2. The Hall–Kier alpha value is 0.570. The number of alkyl halides is 1. The van der Waals surface area contributed by atoms with Crippen molar-refractivity contribution >= 4 is 79.7 Å². The van der Waals surface area contributed by atoms with E-state index in [1.54, 1.807) is 22.6 Å². The average Bonchev–Trinajstić information content (AvgIpc) is 1.97. The Labute approximate surface area is 132 Å². The molecule has 0 fully saturated rings. The first-order valence-electron chi connectivity index (χ1n) is 3.90. The molecule has 1 aliphatic carbocycles. The quantitative estimate of drug-likeness (QED) is 0.272. The number of halogens is 3. The highest BCUT2D eigenvalue weighted by Crippen LogP contribution is 2.45. The fourth-order valence-corrected chi connectivity index (χ4v) is 6.28. The first-order chi connectivity index (χ1) is 7.19. The molecule has 0 heterocycles. The van der Waals surface area contributed by atoms with Crippen LogP contribution in [-0.2, 0) is 9.59 Å². The summed E-state index contributed by atoms with van der Waals surface area (Å²) in [6, 6.07) is 0. The van der Waals surface area contributed by atoms with Crippen LogP contribution in [-0.4, -0.2) is 25.7 Å². The molecule has 4 N–H and O–H groups in total. The fourth-order valence-electron chi connectivity index (χ4n) is 1.37. The SMILES string of the molecule is NC1(I)C(C(=O)O)=C(I)C=C(I)C1C(=O)O. The molecule has 0 aliphatic heterocycles. The van der Waals surface area contributed by atoms with Crippen molar-refractivity contribution in [2.24, 2.45) is 11.7 Å². The van der Waals surface area contributed by atoms with Crippen LogP contribution in [0.3, 0.4) is 0 Å². The largest absolute Gasteiger partial charge is 0.481 e. The third kappa shape index (κ3) is 2.53. The Balaban J connectivity index is 3.43. The number of hydrogen-bond acceptors (Lipinski definition) is 3. The predicted octanol–water partition coefficient (Wildman–Crippen LogP) is 1.88. The van der Waals surface area contributed by atoms with Gasteiger partial charge in [-0.05, 0) is 51.3 Å². The number of hydrogen-bond donors (Lipinski definition) is 3. The molecular weight excluding hydrogens is 555 g/mol. The molecule has 0 aromatic carbocycles. The number of carboxylic acids is 2. The molecule has 0 saturated heterocycles. The summed E-state index contributed by atoms with van der Waals surface area (Å²) in [5.74, 6) is -3.34. The molecule has 8 heteroatoms. The number of allylic oxidation sites excluding steroid dienone is 2. The molecule has 2 atom stereocenters. The van der Waals surface area contributed by atoms with Crippen LogP contribution in [0, 0.1) is 5.92 Å². The number of aliphatic carboxylic acids is 2. The topological polar surface area (TPSA) is 101 Å². The summed E-state index contributed by atoms with van der Waals surface area (Å²) >= 11 is 5.40. The van der Waals surface area contributed by atoms with Gasteiger partial charge in [0.05, 0.1) is 5.57 Å². The van der Waals surface area contributed by atoms with Crippen molar-refractivity contribution < 1.29 is 19.8 Å². The first kappa shape index (κ1) is 14.6. The lowest BCUT2D eigenvalue weighted by Gasteiger charge is -2.33. The normalized spacial score (nSPS) is 30.0. The van der Waals surface area contributed by atoms with E-state index in [0.29, 0.717) is 7.16 Å². The molecule has 2 unspecified atom stereocenters. The van der Waals surface area contributed by atoms with Crippen LogP contribution in [0.5, 0.6) is 0 Å². The highest BCUT2D eigenvalue weighted by molar-refractivity contribution is 14.1. The van der Waals surface area contributed by atoms with Crippen molar-refractivity contribution in [3.05, 3.63) is 18.8 Å². The Kier molecular flexibility index (Phi) is 4.62. The van der Waals surface area contributed by atoms with Gasteiger partial charge in [-0.15, -0.1) is 0 Å². The molecule has 0 aromatic rings. The summed E-state index contributed by atoms with van der Waals surface area (Å²) in [6.45, 7) is 0. The maximum absolute atomic E-state index is 11.1. The second-order valence-corrected chi connectivity index (χ2v) is 7.29. The fraction of sp³-hybridized carbons (Fsp3) is 0.250. The molecule has 0 radical (unpaired) electrons. The van der Waals surface area contributed by atoms with Crippen LogP contribution in [0.2, 0.25) is 0 Å². The number of nitrogens with two attached hydrogens (primary N) is 1. The van der Waals surface area contributed by atoms with Gasteiger partial charge in [0.2, 0.25) is 0 Å². The number of rotatable bonds is 2. The van der Waals surface area contributed by atoms with E-state index in [1.807, 2.05) is 45.2 Å². The van der Waals surface area contributed by atoms with E-state index in [-0.39, 0.29) is 5.57 Å². The third-order valence-electron chi connectivity index (χ3n) is 2.04. The molecule has 0 spiro atoms. The minimum Gasteiger partial charge on any atom is -0.481 e. The van der Waals surface area contributed by atoms with Crippen molar-refractivity contribution in [3.8, 4) is 0 Å². The monoisotopic (exact) mass is 561 g/mol. The zero-order valence-corrected chi connectivity index (χ0v) is 14.0. The lowest BCUT2D eigenvalue weighted by molar-refractivity contribution is -0.140. The van der Waals surface area contributed by atoms with Gasteiger partial charge in [-0.2, -0.15) is 0 Å². The van der Waals surface area contributed by atoms with E-state index >= 15 is 0 Å². The molecule has 0 saturated carbocycles. The summed E-state index contributed by atoms with van der Waals surface area (Å²) in [7, 11) is 0. The lowest BCUT2D eigenvalue weighted by atomic mass is 9.89. The van der Waals surface area contributed by atoms with Gasteiger partial charge >= 0.3 is 11.9 Å². The standard InChI is InChI=1S/C8H6I3NO4/c9-2-1-3(10)5(7(15)16)8(11,12)4(2)6(13)14/h1,4H,12H2,(H,13,14)(H,15,16).